The van der Waals surface area contributed by atoms with Crippen LogP contribution in [0.3, 0.4) is 0 Å². The molecule has 0 unspecified atom stereocenters. The molecule has 0 aliphatic heterocycles. The van der Waals surface area contributed by atoms with Crippen LogP contribution in [-0.2, 0) is 11.3 Å². The number of rotatable bonds is 3. The maximum Gasteiger partial charge on any atom is 0.416 e. The molecule has 1 heterocycles. The van der Waals surface area contributed by atoms with Crippen molar-refractivity contribution >= 4 is 11.9 Å². The fraction of sp³-hybridized carbons (Fsp3) is 0.333. The van der Waals surface area contributed by atoms with Gasteiger partial charge in [0.25, 0.3) is 0 Å². The van der Waals surface area contributed by atoms with Crippen LogP contribution in [0.1, 0.15) is 31.9 Å². The van der Waals surface area contributed by atoms with E-state index in [0.29, 0.717) is 0 Å². The lowest BCUT2D eigenvalue weighted by Gasteiger charge is -2.27. The molecular weight excluding hydrogens is 314 g/mol. The molecule has 24 heavy (non-hydrogen) atoms. The second kappa shape index (κ2) is 6.95. The van der Waals surface area contributed by atoms with Crippen LogP contribution in [0.4, 0.5) is 19.4 Å². The first-order valence-corrected chi connectivity index (χ1v) is 7.53. The topological polar surface area (TPSA) is 42.4 Å². The molecule has 4 nitrogen and oxygen atoms in total. The number of nitrogens with zero attached hydrogens (tertiary/aromatic N) is 2. The molecule has 0 atom stereocenters. The molecule has 0 saturated carbocycles. The van der Waals surface area contributed by atoms with Crippen molar-refractivity contribution < 1.29 is 18.3 Å². The number of benzene rings is 1. The molecule has 1 aromatic carbocycles. The fourth-order valence-electron chi connectivity index (χ4n) is 2.07. The number of aryl methyl sites for hydroxylation is 1. The number of pyridine rings is 1. The van der Waals surface area contributed by atoms with Crippen molar-refractivity contribution in [3.8, 4) is 0 Å². The molecule has 0 aliphatic rings. The van der Waals surface area contributed by atoms with Crippen molar-refractivity contribution in [2.45, 2.75) is 39.8 Å². The Morgan fingerprint density at radius 2 is 1.83 bits per heavy atom. The largest absolute Gasteiger partial charge is 0.443 e. The van der Waals surface area contributed by atoms with Gasteiger partial charge in [0.2, 0.25) is 0 Å². The smallest absolute Gasteiger partial charge is 0.416 e. The van der Waals surface area contributed by atoms with E-state index in [2.05, 4.69) is 4.98 Å². The molecule has 2 aromatic rings. The highest BCUT2D eigenvalue weighted by Gasteiger charge is 2.26. The molecular formula is C18H20F2N2O2. The summed E-state index contributed by atoms with van der Waals surface area (Å²) in [6, 6.07) is 6.99. The van der Waals surface area contributed by atoms with Crippen molar-refractivity contribution in [2.24, 2.45) is 0 Å². The summed E-state index contributed by atoms with van der Waals surface area (Å²) in [4.78, 5) is 17.8. The maximum atomic E-state index is 14.0. The van der Waals surface area contributed by atoms with Gasteiger partial charge in [-0.05, 0) is 57.5 Å². The number of carbonyl (C=O) groups excluding carboxylic acids is 1. The summed E-state index contributed by atoms with van der Waals surface area (Å²) in [5.74, 6) is -1.18. The lowest BCUT2D eigenvalue weighted by molar-refractivity contribution is 0.0576. The quantitative estimate of drug-likeness (QED) is 0.823. The lowest BCUT2D eigenvalue weighted by atomic mass is 10.1. The Kier molecular flexibility index (Phi) is 5.17. The fourth-order valence-corrected chi connectivity index (χ4v) is 2.07. The van der Waals surface area contributed by atoms with Gasteiger partial charge in [-0.1, -0.05) is 6.07 Å². The van der Waals surface area contributed by atoms with Gasteiger partial charge in [0.15, 0.2) is 0 Å². The normalized spacial score (nSPS) is 11.2. The van der Waals surface area contributed by atoms with E-state index < -0.39 is 23.3 Å². The number of ether oxygens (including phenoxy) is 1. The van der Waals surface area contributed by atoms with Gasteiger partial charge in [-0.25, -0.2) is 18.6 Å². The van der Waals surface area contributed by atoms with Gasteiger partial charge < -0.3 is 4.74 Å². The van der Waals surface area contributed by atoms with Crippen LogP contribution in [0.25, 0.3) is 0 Å². The van der Waals surface area contributed by atoms with Crippen molar-refractivity contribution in [3.63, 3.8) is 0 Å². The molecule has 0 spiro atoms. The van der Waals surface area contributed by atoms with Crippen molar-refractivity contribution in [2.75, 3.05) is 4.90 Å². The highest BCUT2D eigenvalue weighted by Crippen LogP contribution is 2.22. The molecule has 6 heteroatoms. The summed E-state index contributed by atoms with van der Waals surface area (Å²) in [6.45, 7) is 6.68. The second-order valence-electron chi connectivity index (χ2n) is 6.46. The van der Waals surface area contributed by atoms with E-state index in [1.807, 2.05) is 6.92 Å². The van der Waals surface area contributed by atoms with E-state index in [1.165, 1.54) is 12.3 Å². The van der Waals surface area contributed by atoms with Crippen molar-refractivity contribution in [3.05, 3.63) is 59.3 Å². The van der Waals surface area contributed by atoms with Gasteiger partial charge in [0.05, 0.1) is 6.54 Å². The second-order valence-corrected chi connectivity index (χ2v) is 6.46. The van der Waals surface area contributed by atoms with E-state index in [4.69, 9.17) is 4.74 Å². The van der Waals surface area contributed by atoms with Crippen molar-refractivity contribution in [1.29, 1.82) is 0 Å². The van der Waals surface area contributed by atoms with E-state index >= 15 is 0 Å². The van der Waals surface area contributed by atoms with Gasteiger partial charge in [0, 0.05) is 11.8 Å². The van der Waals surface area contributed by atoms with E-state index in [0.717, 1.165) is 22.6 Å². The molecule has 128 valence electrons. The van der Waals surface area contributed by atoms with Crippen LogP contribution in [0, 0.1) is 18.6 Å². The number of aromatic nitrogens is 1. The predicted octanol–water partition coefficient (Wildman–Crippen LogP) is 4.61. The van der Waals surface area contributed by atoms with Gasteiger partial charge in [-0.3, -0.25) is 4.90 Å². The summed E-state index contributed by atoms with van der Waals surface area (Å²) in [6.07, 6.45) is 0.808. The first-order valence-electron chi connectivity index (χ1n) is 7.53. The molecule has 0 fully saturated rings. The third-order valence-corrected chi connectivity index (χ3v) is 3.17. The minimum Gasteiger partial charge on any atom is -0.443 e. The van der Waals surface area contributed by atoms with E-state index in [9.17, 15) is 13.6 Å². The lowest BCUT2D eigenvalue weighted by Crippen LogP contribution is -2.37. The minimum atomic E-state index is -0.743. The first-order chi connectivity index (χ1) is 11.2. The van der Waals surface area contributed by atoms with Crippen LogP contribution in [0.2, 0.25) is 0 Å². The van der Waals surface area contributed by atoms with Crippen LogP contribution >= 0.6 is 0 Å². The standard InChI is InChI=1S/C18H20F2N2O2/c1-12-8-9-21-16(10-12)22(17(23)24-18(2,3)4)11-13-14(19)6-5-7-15(13)20/h5-10H,11H2,1-4H3. The third kappa shape index (κ3) is 4.50. The monoisotopic (exact) mass is 334 g/mol. The zero-order valence-electron chi connectivity index (χ0n) is 14.1. The molecule has 0 bridgehead atoms. The number of anilines is 1. The third-order valence-electron chi connectivity index (χ3n) is 3.17. The van der Waals surface area contributed by atoms with Crippen LogP contribution in [0.15, 0.2) is 36.5 Å². The number of carbonyl (C=O) groups is 1. The minimum absolute atomic E-state index is 0.216. The number of halogens is 2. The molecule has 0 aliphatic carbocycles. The van der Waals surface area contributed by atoms with Crippen LogP contribution in [-0.4, -0.2) is 16.7 Å². The van der Waals surface area contributed by atoms with Crippen LogP contribution in [0.5, 0.6) is 0 Å². The number of hydrogen-bond donors (Lipinski definition) is 0. The van der Waals surface area contributed by atoms with Gasteiger partial charge in [-0.2, -0.15) is 0 Å². The average molecular weight is 334 g/mol. The highest BCUT2D eigenvalue weighted by atomic mass is 19.1. The Morgan fingerprint density at radius 1 is 1.21 bits per heavy atom. The van der Waals surface area contributed by atoms with E-state index in [-0.39, 0.29) is 17.9 Å². The van der Waals surface area contributed by atoms with Gasteiger partial charge in [0.1, 0.15) is 23.1 Å². The summed E-state index contributed by atoms with van der Waals surface area (Å²) >= 11 is 0. The average Bonchev–Trinajstić information content (AvgIpc) is 2.45. The Bertz CT molecular complexity index is 722. The Labute approximate surface area is 140 Å². The Hall–Kier alpha value is -2.50. The summed E-state index contributed by atoms with van der Waals surface area (Å²) in [7, 11) is 0. The Morgan fingerprint density at radius 3 is 2.38 bits per heavy atom. The number of hydrogen-bond acceptors (Lipinski definition) is 3. The zero-order chi connectivity index (χ0) is 17.9. The van der Waals surface area contributed by atoms with Gasteiger partial charge >= 0.3 is 6.09 Å². The summed E-state index contributed by atoms with van der Waals surface area (Å²) in [5, 5.41) is 0. The van der Waals surface area contributed by atoms with Crippen LogP contribution < -0.4 is 4.90 Å². The maximum absolute atomic E-state index is 14.0. The SMILES string of the molecule is Cc1ccnc(N(Cc2c(F)cccc2F)C(=O)OC(C)(C)C)c1. The molecule has 0 N–H and O–H groups in total. The Balaban J connectivity index is 2.41. The first kappa shape index (κ1) is 17.8. The molecule has 2 rings (SSSR count). The molecule has 0 radical (unpaired) electrons. The van der Waals surface area contributed by atoms with Gasteiger partial charge in [-0.15, -0.1) is 0 Å². The zero-order valence-corrected chi connectivity index (χ0v) is 14.1. The summed E-state index contributed by atoms with van der Waals surface area (Å²) < 4.78 is 33.3. The molecule has 1 aromatic heterocycles. The van der Waals surface area contributed by atoms with Crippen molar-refractivity contribution in [1.82, 2.24) is 4.98 Å². The number of amides is 1. The summed E-state index contributed by atoms with van der Waals surface area (Å²) in [5.41, 5.74) is -0.0957. The highest BCUT2D eigenvalue weighted by molar-refractivity contribution is 5.86. The molecule has 0 saturated heterocycles. The van der Waals surface area contributed by atoms with E-state index in [1.54, 1.807) is 32.9 Å². The molecule has 1 amide bonds. The predicted molar refractivity (Wildman–Crippen MR) is 87.7 cm³/mol.